The van der Waals surface area contributed by atoms with Crippen molar-refractivity contribution in [3.63, 3.8) is 0 Å². The van der Waals surface area contributed by atoms with Gasteiger partial charge in [-0.1, -0.05) is 29.3 Å². The molecule has 1 N–H and O–H groups in total. The van der Waals surface area contributed by atoms with Gasteiger partial charge >= 0.3 is 12.3 Å². The Morgan fingerprint density at radius 1 is 1.28 bits per heavy atom. The molecule has 1 aromatic rings. The molecule has 0 fully saturated rings. The molecule has 0 aliphatic carbocycles. The quantitative estimate of drug-likeness (QED) is 0.787. The molecule has 1 atom stereocenters. The molecule has 102 valence electrons. The Kier molecular flexibility index (Phi) is 5.25. The number of alkyl halides is 4. The van der Waals surface area contributed by atoms with Crippen LogP contribution < -0.4 is 5.32 Å². The van der Waals surface area contributed by atoms with Crippen LogP contribution in [0, 0.1) is 0 Å². The zero-order chi connectivity index (χ0) is 13.9. The Hall–Kier alpha value is -0.520. The third-order valence-corrected chi connectivity index (χ3v) is 2.95. The van der Waals surface area contributed by atoms with E-state index in [0.717, 1.165) is 0 Å². The second-order valence-corrected chi connectivity index (χ2v) is 4.67. The molecule has 0 saturated heterocycles. The van der Waals surface area contributed by atoms with Crippen LogP contribution in [0.5, 0.6) is 0 Å². The largest absolute Gasteiger partial charge is 0.319 e. The summed E-state index contributed by atoms with van der Waals surface area (Å²) in [5.74, 6) is -4.06. The molecule has 0 heterocycles. The zero-order valence-electron chi connectivity index (χ0n) is 9.36. The monoisotopic (exact) mass is 303 g/mol. The van der Waals surface area contributed by atoms with Crippen LogP contribution in [0.15, 0.2) is 18.2 Å². The summed E-state index contributed by atoms with van der Waals surface area (Å²) in [5.41, 5.74) is 0.520. The number of benzene rings is 1. The lowest BCUT2D eigenvalue weighted by Gasteiger charge is -2.20. The summed E-state index contributed by atoms with van der Waals surface area (Å²) in [5, 5.41) is 3.03. The van der Waals surface area contributed by atoms with Gasteiger partial charge in [0.05, 0.1) is 6.54 Å². The molecule has 0 aromatic heterocycles. The van der Waals surface area contributed by atoms with Gasteiger partial charge in [-0.15, -0.1) is 0 Å². The summed E-state index contributed by atoms with van der Waals surface area (Å²) in [6.07, 6.45) is -3.70. The van der Waals surface area contributed by atoms with Gasteiger partial charge in [-0.3, -0.25) is 0 Å². The molecule has 0 aliphatic rings. The van der Waals surface area contributed by atoms with Crippen molar-refractivity contribution in [1.82, 2.24) is 5.32 Å². The van der Waals surface area contributed by atoms with Gasteiger partial charge in [0.25, 0.3) is 0 Å². The van der Waals surface area contributed by atoms with Crippen LogP contribution in [-0.4, -0.2) is 18.9 Å². The van der Waals surface area contributed by atoms with Crippen LogP contribution in [-0.2, 0) is 0 Å². The van der Waals surface area contributed by atoms with Gasteiger partial charge in [0.2, 0.25) is 0 Å². The van der Waals surface area contributed by atoms with E-state index in [1.54, 1.807) is 19.1 Å². The Bertz CT molecular complexity index is 412. The Balaban J connectivity index is 2.69. The zero-order valence-corrected chi connectivity index (χ0v) is 10.9. The average molecular weight is 304 g/mol. The predicted octanol–water partition coefficient (Wildman–Crippen LogP) is 4.54. The summed E-state index contributed by atoms with van der Waals surface area (Å²) < 4.78 is 49.4. The molecule has 0 radical (unpaired) electrons. The van der Waals surface area contributed by atoms with E-state index in [9.17, 15) is 17.6 Å². The summed E-state index contributed by atoms with van der Waals surface area (Å²) in [7, 11) is 0. The van der Waals surface area contributed by atoms with E-state index in [1.807, 2.05) is 0 Å². The van der Waals surface area contributed by atoms with Gasteiger partial charge in [-0.25, -0.2) is 8.78 Å². The smallest absolute Gasteiger partial charge is 0.304 e. The van der Waals surface area contributed by atoms with Crippen molar-refractivity contribution in [3.8, 4) is 0 Å². The Morgan fingerprint density at radius 2 is 1.89 bits per heavy atom. The highest BCUT2D eigenvalue weighted by Crippen LogP contribution is 2.27. The number of hydrogen-bond donors (Lipinski definition) is 1. The van der Waals surface area contributed by atoms with Crippen molar-refractivity contribution < 1.29 is 17.6 Å². The third kappa shape index (κ3) is 4.00. The van der Waals surface area contributed by atoms with Crippen molar-refractivity contribution in [3.05, 3.63) is 33.8 Å². The standard InChI is InChI=1S/C11H11Cl2F4N/c1-6(18-5-11(16,17)10(14)15)8-3-2-7(12)4-9(8)13/h2-4,6,10,18H,5H2,1H3. The minimum Gasteiger partial charge on any atom is -0.304 e. The first kappa shape index (κ1) is 15.5. The minimum atomic E-state index is -4.06. The molecular weight excluding hydrogens is 293 g/mol. The summed E-state index contributed by atoms with van der Waals surface area (Å²) in [6.45, 7) is 0.432. The SMILES string of the molecule is CC(NCC(F)(F)C(F)F)c1ccc(Cl)cc1Cl. The second-order valence-electron chi connectivity index (χ2n) is 3.83. The predicted molar refractivity (Wildman–Crippen MR) is 63.8 cm³/mol. The average Bonchev–Trinajstić information content (AvgIpc) is 2.25. The number of rotatable bonds is 5. The van der Waals surface area contributed by atoms with Crippen LogP contribution in [0.4, 0.5) is 17.6 Å². The van der Waals surface area contributed by atoms with Crippen LogP contribution >= 0.6 is 23.2 Å². The molecular formula is C11H11Cl2F4N. The first-order chi connectivity index (χ1) is 8.24. The van der Waals surface area contributed by atoms with Crippen molar-refractivity contribution >= 4 is 23.2 Å². The highest BCUT2D eigenvalue weighted by Gasteiger charge is 2.40. The maximum Gasteiger partial charge on any atom is 0.319 e. The van der Waals surface area contributed by atoms with E-state index < -0.39 is 24.9 Å². The van der Waals surface area contributed by atoms with Crippen molar-refractivity contribution in [2.45, 2.75) is 25.3 Å². The fraction of sp³-hybridized carbons (Fsp3) is 0.455. The third-order valence-electron chi connectivity index (χ3n) is 2.39. The van der Waals surface area contributed by atoms with Gasteiger partial charge < -0.3 is 5.32 Å². The van der Waals surface area contributed by atoms with Crippen LogP contribution in [0.3, 0.4) is 0 Å². The number of nitrogens with one attached hydrogen (secondary N) is 1. The van der Waals surface area contributed by atoms with E-state index >= 15 is 0 Å². The van der Waals surface area contributed by atoms with Crippen molar-refractivity contribution in [1.29, 1.82) is 0 Å². The molecule has 0 saturated carbocycles. The van der Waals surface area contributed by atoms with Crippen molar-refractivity contribution in [2.75, 3.05) is 6.54 Å². The van der Waals surface area contributed by atoms with Crippen LogP contribution in [0.1, 0.15) is 18.5 Å². The highest BCUT2D eigenvalue weighted by molar-refractivity contribution is 6.35. The number of halogens is 6. The molecule has 0 amide bonds. The lowest BCUT2D eigenvalue weighted by molar-refractivity contribution is -0.126. The summed E-state index contributed by atoms with van der Waals surface area (Å²) >= 11 is 11.6. The van der Waals surface area contributed by atoms with E-state index in [-0.39, 0.29) is 0 Å². The lowest BCUT2D eigenvalue weighted by atomic mass is 10.1. The number of hydrogen-bond acceptors (Lipinski definition) is 1. The van der Waals surface area contributed by atoms with Crippen LogP contribution in [0.2, 0.25) is 10.0 Å². The van der Waals surface area contributed by atoms with Gasteiger partial charge in [-0.2, -0.15) is 8.78 Å². The van der Waals surface area contributed by atoms with E-state index in [4.69, 9.17) is 23.2 Å². The summed E-state index contributed by atoms with van der Waals surface area (Å²) in [4.78, 5) is 0. The fourth-order valence-electron chi connectivity index (χ4n) is 1.33. The molecule has 0 spiro atoms. The molecule has 1 aromatic carbocycles. The van der Waals surface area contributed by atoms with Crippen LogP contribution in [0.25, 0.3) is 0 Å². The first-order valence-electron chi connectivity index (χ1n) is 5.08. The fourth-order valence-corrected chi connectivity index (χ4v) is 1.90. The van der Waals surface area contributed by atoms with E-state index in [1.165, 1.54) is 6.07 Å². The van der Waals surface area contributed by atoms with Gasteiger partial charge in [-0.05, 0) is 24.6 Å². The Morgan fingerprint density at radius 3 is 2.39 bits per heavy atom. The van der Waals surface area contributed by atoms with Gasteiger partial charge in [0, 0.05) is 16.1 Å². The molecule has 7 heteroatoms. The van der Waals surface area contributed by atoms with Crippen molar-refractivity contribution in [2.24, 2.45) is 0 Å². The molecule has 0 bridgehead atoms. The lowest BCUT2D eigenvalue weighted by Crippen LogP contribution is -2.39. The summed E-state index contributed by atoms with van der Waals surface area (Å²) in [6, 6.07) is 3.98. The highest BCUT2D eigenvalue weighted by atomic mass is 35.5. The maximum atomic E-state index is 12.7. The molecule has 1 nitrogen and oxygen atoms in total. The molecule has 1 rings (SSSR count). The molecule has 18 heavy (non-hydrogen) atoms. The normalized spacial score (nSPS) is 14.0. The molecule has 0 aliphatic heterocycles. The Labute approximate surface area is 112 Å². The minimum absolute atomic E-state index is 0.294. The van der Waals surface area contributed by atoms with Gasteiger partial charge in [0.15, 0.2) is 0 Å². The first-order valence-corrected chi connectivity index (χ1v) is 5.84. The van der Waals surface area contributed by atoms with Gasteiger partial charge in [0.1, 0.15) is 0 Å². The van der Waals surface area contributed by atoms with E-state index in [2.05, 4.69) is 5.32 Å². The topological polar surface area (TPSA) is 12.0 Å². The second kappa shape index (κ2) is 6.08. The maximum absolute atomic E-state index is 12.7. The molecule has 1 unspecified atom stereocenters. The van der Waals surface area contributed by atoms with E-state index in [0.29, 0.717) is 15.6 Å².